The molecule has 0 saturated heterocycles. The van der Waals surface area contributed by atoms with Crippen LogP contribution in [0.15, 0.2) is 33.8 Å². The van der Waals surface area contributed by atoms with E-state index < -0.39 is 0 Å². The number of carbonyl (C=O) groups excluding carboxylic acids is 1. The molecule has 1 fully saturated rings. The lowest BCUT2D eigenvalue weighted by atomic mass is 10.00. The van der Waals surface area contributed by atoms with Crippen molar-refractivity contribution < 1.29 is 4.79 Å². The molecule has 3 nitrogen and oxygen atoms in total. The molecule has 0 aromatic heterocycles. The van der Waals surface area contributed by atoms with Crippen LogP contribution < -0.4 is 5.43 Å². The van der Waals surface area contributed by atoms with Crippen molar-refractivity contribution in [3.8, 4) is 0 Å². The Labute approximate surface area is 148 Å². The molecule has 0 radical (unpaired) electrons. The van der Waals surface area contributed by atoms with Crippen molar-refractivity contribution >= 4 is 27.5 Å². The topological polar surface area (TPSA) is 41.5 Å². The van der Waals surface area contributed by atoms with Gasteiger partial charge in [0.05, 0.1) is 5.56 Å². The van der Waals surface area contributed by atoms with Gasteiger partial charge in [0.2, 0.25) is 0 Å². The van der Waals surface area contributed by atoms with Gasteiger partial charge < -0.3 is 0 Å². The van der Waals surface area contributed by atoms with Crippen LogP contribution >= 0.6 is 15.9 Å². The van der Waals surface area contributed by atoms with Gasteiger partial charge in [-0.05, 0) is 53.7 Å². The van der Waals surface area contributed by atoms with Crippen LogP contribution in [0.3, 0.4) is 0 Å². The SMILES string of the molecule is O=C(NN=C1CCCCCCCCCCC1)c1ccccc1Br. The number of halogens is 1. The predicted octanol–water partition coefficient (Wildman–Crippen LogP) is 5.84. The highest BCUT2D eigenvalue weighted by atomic mass is 79.9. The van der Waals surface area contributed by atoms with Gasteiger partial charge in [-0.2, -0.15) is 5.10 Å². The third-order valence-corrected chi connectivity index (χ3v) is 5.06. The fourth-order valence-corrected chi connectivity index (χ4v) is 3.43. The highest BCUT2D eigenvalue weighted by Gasteiger charge is 2.09. The Bertz CT molecular complexity index is 514. The van der Waals surface area contributed by atoms with E-state index in [1.165, 1.54) is 57.8 Å². The smallest absolute Gasteiger partial charge is 0.267 e. The summed E-state index contributed by atoms with van der Waals surface area (Å²) in [5.41, 5.74) is 4.51. The first kappa shape index (κ1) is 18.2. The molecule has 1 aliphatic carbocycles. The molecule has 23 heavy (non-hydrogen) atoms. The molecule has 4 heteroatoms. The van der Waals surface area contributed by atoms with E-state index in [0.717, 1.165) is 23.0 Å². The molecule has 1 N–H and O–H groups in total. The quantitative estimate of drug-likeness (QED) is 0.645. The van der Waals surface area contributed by atoms with E-state index in [-0.39, 0.29) is 5.91 Å². The van der Waals surface area contributed by atoms with Crippen molar-refractivity contribution in [3.63, 3.8) is 0 Å². The van der Waals surface area contributed by atoms with Gasteiger partial charge in [-0.1, -0.05) is 57.1 Å². The van der Waals surface area contributed by atoms with Crippen LogP contribution in [0.25, 0.3) is 0 Å². The number of benzene rings is 1. The van der Waals surface area contributed by atoms with E-state index in [0.29, 0.717) is 5.56 Å². The van der Waals surface area contributed by atoms with Crippen molar-refractivity contribution in [1.29, 1.82) is 0 Å². The number of nitrogens with zero attached hydrogens (tertiary/aromatic N) is 1. The number of hydrogen-bond donors (Lipinski definition) is 1. The van der Waals surface area contributed by atoms with Crippen LogP contribution in [0.2, 0.25) is 0 Å². The Morgan fingerprint density at radius 3 is 1.96 bits per heavy atom. The van der Waals surface area contributed by atoms with Crippen molar-refractivity contribution in [1.82, 2.24) is 5.43 Å². The minimum Gasteiger partial charge on any atom is -0.267 e. The third-order valence-electron chi connectivity index (χ3n) is 4.36. The molecule has 0 atom stereocenters. The summed E-state index contributed by atoms with van der Waals surface area (Å²) in [6, 6.07) is 7.45. The minimum atomic E-state index is -0.143. The molecular formula is C19H27BrN2O. The van der Waals surface area contributed by atoms with Crippen LogP contribution in [0.4, 0.5) is 0 Å². The summed E-state index contributed by atoms with van der Waals surface area (Å²) in [4.78, 5) is 12.2. The summed E-state index contributed by atoms with van der Waals surface area (Å²) in [6.45, 7) is 0. The van der Waals surface area contributed by atoms with E-state index >= 15 is 0 Å². The molecular weight excluding hydrogens is 352 g/mol. The Kier molecular flexibility index (Phi) is 8.37. The van der Waals surface area contributed by atoms with E-state index in [2.05, 4.69) is 26.5 Å². The van der Waals surface area contributed by atoms with Crippen molar-refractivity contribution in [3.05, 3.63) is 34.3 Å². The molecule has 2 rings (SSSR count). The second kappa shape index (κ2) is 10.6. The fourth-order valence-electron chi connectivity index (χ4n) is 2.97. The van der Waals surface area contributed by atoms with Gasteiger partial charge in [-0.3, -0.25) is 4.79 Å². The van der Waals surface area contributed by atoms with Gasteiger partial charge in [0, 0.05) is 10.2 Å². The Morgan fingerprint density at radius 1 is 0.870 bits per heavy atom. The summed E-state index contributed by atoms with van der Waals surface area (Å²) in [5, 5.41) is 4.42. The van der Waals surface area contributed by atoms with E-state index in [1.807, 2.05) is 18.2 Å². The van der Waals surface area contributed by atoms with Crippen molar-refractivity contribution in [2.24, 2.45) is 5.10 Å². The van der Waals surface area contributed by atoms with Crippen molar-refractivity contribution in [2.75, 3.05) is 0 Å². The Balaban J connectivity index is 1.91. The molecule has 0 bridgehead atoms. The number of nitrogens with one attached hydrogen (secondary N) is 1. The maximum Gasteiger partial charge on any atom is 0.272 e. The number of hydrogen-bond acceptors (Lipinski definition) is 2. The minimum absolute atomic E-state index is 0.143. The summed E-state index contributed by atoms with van der Waals surface area (Å²) in [7, 11) is 0. The summed E-state index contributed by atoms with van der Waals surface area (Å²) in [6.07, 6.45) is 13.7. The molecule has 1 saturated carbocycles. The zero-order chi connectivity index (χ0) is 16.3. The van der Waals surface area contributed by atoms with Crippen LogP contribution in [-0.4, -0.2) is 11.6 Å². The van der Waals surface area contributed by atoms with E-state index in [1.54, 1.807) is 6.07 Å². The van der Waals surface area contributed by atoms with Gasteiger partial charge in [-0.25, -0.2) is 5.43 Å². The Hall–Kier alpha value is -1.16. The summed E-state index contributed by atoms with van der Waals surface area (Å²) in [5.74, 6) is -0.143. The highest BCUT2D eigenvalue weighted by Crippen LogP contribution is 2.17. The lowest BCUT2D eigenvalue weighted by Crippen LogP contribution is -2.20. The maximum absolute atomic E-state index is 12.2. The molecule has 0 heterocycles. The van der Waals surface area contributed by atoms with Gasteiger partial charge in [-0.15, -0.1) is 0 Å². The van der Waals surface area contributed by atoms with Gasteiger partial charge in [0.1, 0.15) is 0 Å². The molecule has 1 aromatic carbocycles. The summed E-state index contributed by atoms with van der Waals surface area (Å²) >= 11 is 3.41. The average Bonchev–Trinajstić information content (AvgIpc) is 2.54. The first-order chi connectivity index (χ1) is 11.3. The first-order valence-corrected chi connectivity index (χ1v) is 9.67. The summed E-state index contributed by atoms with van der Waals surface area (Å²) < 4.78 is 0.802. The number of hydrazone groups is 1. The number of rotatable bonds is 2. The largest absolute Gasteiger partial charge is 0.272 e. The van der Waals surface area contributed by atoms with Crippen LogP contribution in [0.1, 0.15) is 81.0 Å². The Morgan fingerprint density at radius 2 is 1.39 bits per heavy atom. The second-order valence-corrected chi connectivity index (χ2v) is 7.14. The third kappa shape index (κ3) is 6.86. The molecule has 0 spiro atoms. The molecule has 0 unspecified atom stereocenters. The highest BCUT2D eigenvalue weighted by molar-refractivity contribution is 9.10. The van der Waals surface area contributed by atoms with Gasteiger partial charge in [0.15, 0.2) is 0 Å². The number of amides is 1. The fraction of sp³-hybridized carbons (Fsp3) is 0.579. The normalized spacial score (nSPS) is 17.7. The molecule has 0 aliphatic heterocycles. The van der Waals surface area contributed by atoms with Gasteiger partial charge >= 0.3 is 0 Å². The lowest BCUT2D eigenvalue weighted by Gasteiger charge is -2.10. The zero-order valence-electron chi connectivity index (χ0n) is 13.8. The molecule has 1 aliphatic rings. The second-order valence-electron chi connectivity index (χ2n) is 6.28. The molecule has 1 amide bonds. The first-order valence-electron chi connectivity index (χ1n) is 8.87. The van der Waals surface area contributed by atoms with Gasteiger partial charge in [0.25, 0.3) is 5.91 Å². The van der Waals surface area contributed by atoms with E-state index in [4.69, 9.17) is 0 Å². The van der Waals surface area contributed by atoms with Crippen molar-refractivity contribution in [2.45, 2.75) is 70.6 Å². The molecule has 126 valence electrons. The van der Waals surface area contributed by atoms with E-state index in [9.17, 15) is 4.79 Å². The van der Waals surface area contributed by atoms with Crippen LogP contribution in [0, 0.1) is 0 Å². The van der Waals surface area contributed by atoms with Crippen LogP contribution in [-0.2, 0) is 0 Å². The number of carbonyl (C=O) groups is 1. The standard InChI is InChI=1S/C19H27BrN2O/c20-18-15-11-10-14-17(18)19(23)22-21-16-12-8-6-4-2-1-3-5-7-9-13-16/h10-11,14-15H,1-9,12-13H2,(H,22,23). The predicted molar refractivity (Wildman–Crippen MR) is 99.8 cm³/mol. The average molecular weight is 379 g/mol. The van der Waals surface area contributed by atoms with Crippen LogP contribution in [0.5, 0.6) is 0 Å². The molecule has 1 aromatic rings. The lowest BCUT2D eigenvalue weighted by molar-refractivity contribution is 0.0954. The zero-order valence-corrected chi connectivity index (χ0v) is 15.4. The monoisotopic (exact) mass is 378 g/mol. The maximum atomic E-state index is 12.2.